The van der Waals surface area contributed by atoms with Gasteiger partial charge in [0.15, 0.2) is 0 Å². The molecule has 6 rings (SSSR count). The van der Waals surface area contributed by atoms with Crippen LogP contribution in [0.25, 0.3) is 22.5 Å². The van der Waals surface area contributed by atoms with E-state index in [1.165, 1.54) is 22.3 Å². The molecule has 2 heterocycles. The minimum atomic E-state index is -0.203. The second-order valence-electron chi connectivity index (χ2n) is 9.57. The zero-order chi connectivity index (χ0) is 29.6. The summed E-state index contributed by atoms with van der Waals surface area (Å²) < 4.78 is 23.2. The van der Waals surface area contributed by atoms with Gasteiger partial charge in [-0.05, 0) is 61.1 Å². The highest BCUT2D eigenvalue weighted by Crippen LogP contribution is 2.60. The Labute approximate surface area is 244 Å². The second-order valence-corrected chi connectivity index (χ2v) is 9.57. The molecule has 0 radical (unpaired) electrons. The maximum Gasteiger partial charge on any atom is 0.213 e. The Morgan fingerprint density at radius 2 is 0.951 bits per heavy atom. The maximum atomic E-state index is 6.19. The number of pyridine rings is 2. The van der Waals surface area contributed by atoms with E-state index in [2.05, 4.69) is 24.3 Å². The Morgan fingerprint density at radius 3 is 1.32 bits per heavy atom. The minimum absolute atomic E-state index is 0.203. The number of benzene rings is 2. The SMILES string of the molecule is CC.CC.COc1cccc(-c2ccc3c(c2OC)C2(CC3)CCc3ccc(-c4cccc(OC)n4)c(OC)c32)n1. The molecule has 0 atom stereocenters. The van der Waals surface area contributed by atoms with E-state index in [1.807, 2.05) is 64.1 Å². The van der Waals surface area contributed by atoms with Gasteiger partial charge < -0.3 is 18.9 Å². The van der Waals surface area contributed by atoms with Gasteiger partial charge in [-0.15, -0.1) is 0 Å². The van der Waals surface area contributed by atoms with Gasteiger partial charge in [-0.25, -0.2) is 9.97 Å². The van der Waals surface area contributed by atoms with Crippen molar-refractivity contribution in [2.24, 2.45) is 0 Å². The third-order valence-electron chi connectivity index (χ3n) is 7.91. The third-order valence-corrected chi connectivity index (χ3v) is 7.91. The number of aryl methyl sites for hydroxylation is 2. The fraction of sp³-hybridized carbons (Fsp3) is 0.371. The lowest BCUT2D eigenvalue weighted by atomic mass is 9.74. The van der Waals surface area contributed by atoms with E-state index in [4.69, 9.17) is 28.9 Å². The van der Waals surface area contributed by atoms with Crippen LogP contribution in [0.15, 0.2) is 60.7 Å². The molecule has 2 aliphatic carbocycles. The number of rotatable bonds is 6. The number of ether oxygens (including phenoxy) is 4. The first-order chi connectivity index (χ1) is 20.1. The van der Waals surface area contributed by atoms with E-state index in [0.29, 0.717) is 11.8 Å². The lowest BCUT2D eigenvalue weighted by molar-refractivity contribution is 0.380. The molecule has 0 bridgehead atoms. The van der Waals surface area contributed by atoms with Crippen LogP contribution in [-0.2, 0) is 18.3 Å². The van der Waals surface area contributed by atoms with Crippen LogP contribution in [0.2, 0.25) is 0 Å². The molecule has 0 aliphatic heterocycles. The number of methoxy groups -OCH3 is 4. The first-order valence-corrected chi connectivity index (χ1v) is 14.6. The van der Waals surface area contributed by atoms with Crippen molar-refractivity contribution in [3.8, 4) is 45.8 Å². The van der Waals surface area contributed by atoms with E-state index < -0.39 is 0 Å². The van der Waals surface area contributed by atoms with Crippen LogP contribution in [0.4, 0.5) is 0 Å². The molecule has 0 saturated heterocycles. The summed E-state index contributed by atoms with van der Waals surface area (Å²) in [6, 6.07) is 20.4. The van der Waals surface area contributed by atoms with Gasteiger partial charge in [-0.1, -0.05) is 52.0 Å². The Hall–Kier alpha value is -4.06. The second kappa shape index (κ2) is 13.1. The van der Waals surface area contributed by atoms with E-state index in [9.17, 15) is 0 Å². The van der Waals surface area contributed by atoms with Crippen molar-refractivity contribution in [1.82, 2.24) is 9.97 Å². The summed E-state index contributed by atoms with van der Waals surface area (Å²) >= 11 is 0. The van der Waals surface area contributed by atoms with Crippen LogP contribution < -0.4 is 18.9 Å². The summed E-state index contributed by atoms with van der Waals surface area (Å²) in [6.07, 6.45) is 3.99. The summed E-state index contributed by atoms with van der Waals surface area (Å²) in [5, 5.41) is 0. The van der Waals surface area contributed by atoms with Crippen LogP contribution >= 0.6 is 0 Å². The average Bonchev–Trinajstić information content (AvgIpc) is 3.63. The highest BCUT2D eigenvalue weighted by molar-refractivity contribution is 5.78. The van der Waals surface area contributed by atoms with Crippen molar-refractivity contribution < 1.29 is 18.9 Å². The fourth-order valence-corrected chi connectivity index (χ4v) is 6.34. The van der Waals surface area contributed by atoms with E-state index in [1.54, 1.807) is 28.4 Å². The molecule has 1 spiro atoms. The zero-order valence-electron chi connectivity index (χ0n) is 25.6. The summed E-state index contributed by atoms with van der Waals surface area (Å²) in [6.45, 7) is 8.00. The zero-order valence-corrected chi connectivity index (χ0v) is 25.6. The molecule has 2 aromatic carbocycles. The smallest absolute Gasteiger partial charge is 0.213 e. The molecular formula is C35H42N2O4. The lowest BCUT2D eigenvalue weighted by Crippen LogP contribution is -2.23. The fourth-order valence-electron chi connectivity index (χ4n) is 6.34. The predicted octanol–water partition coefficient (Wildman–Crippen LogP) is 8.08. The molecule has 41 heavy (non-hydrogen) atoms. The molecule has 6 heteroatoms. The summed E-state index contributed by atoms with van der Waals surface area (Å²) in [5.74, 6) is 2.93. The van der Waals surface area contributed by atoms with Crippen molar-refractivity contribution in [3.05, 3.63) is 82.9 Å². The molecule has 0 fully saturated rings. The van der Waals surface area contributed by atoms with Crippen molar-refractivity contribution in [2.45, 2.75) is 58.8 Å². The lowest BCUT2D eigenvalue weighted by Gasteiger charge is -2.31. The number of hydrogen-bond acceptors (Lipinski definition) is 6. The van der Waals surface area contributed by atoms with Crippen molar-refractivity contribution in [2.75, 3.05) is 28.4 Å². The van der Waals surface area contributed by atoms with Gasteiger partial charge in [0.2, 0.25) is 11.8 Å². The maximum absolute atomic E-state index is 6.19. The first kappa shape index (κ1) is 29.9. The van der Waals surface area contributed by atoms with E-state index in [0.717, 1.165) is 59.7 Å². The van der Waals surface area contributed by atoms with Crippen LogP contribution in [0.5, 0.6) is 23.3 Å². The molecule has 0 unspecified atom stereocenters. The van der Waals surface area contributed by atoms with Gasteiger partial charge in [0.05, 0.1) is 39.8 Å². The Balaban J connectivity index is 0.000000929. The Bertz CT molecular complexity index is 1380. The largest absolute Gasteiger partial charge is 0.496 e. The molecule has 0 amide bonds. The third kappa shape index (κ3) is 5.12. The van der Waals surface area contributed by atoms with Crippen LogP contribution in [-0.4, -0.2) is 38.4 Å². The number of aromatic nitrogens is 2. The molecular weight excluding hydrogens is 512 g/mol. The highest BCUT2D eigenvalue weighted by Gasteiger charge is 2.49. The van der Waals surface area contributed by atoms with Crippen molar-refractivity contribution >= 4 is 0 Å². The van der Waals surface area contributed by atoms with Crippen LogP contribution in [0, 0.1) is 0 Å². The Kier molecular flexibility index (Phi) is 9.53. The summed E-state index contributed by atoms with van der Waals surface area (Å²) in [7, 11) is 6.79. The molecule has 216 valence electrons. The number of nitrogens with zero attached hydrogens (tertiary/aromatic N) is 2. The van der Waals surface area contributed by atoms with Crippen LogP contribution in [0.3, 0.4) is 0 Å². The summed E-state index contributed by atoms with van der Waals surface area (Å²) in [4.78, 5) is 9.42. The van der Waals surface area contributed by atoms with Gasteiger partial charge in [0, 0.05) is 39.8 Å². The topological polar surface area (TPSA) is 62.7 Å². The quantitative estimate of drug-likeness (QED) is 0.240. The average molecular weight is 555 g/mol. The van der Waals surface area contributed by atoms with Gasteiger partial charge in [0.25, 0.3) is 0 Å². The monoisotopic (exact) mass is 554 g/mol. The van der Waals surface area contributed by atoms with Gasteiger partial charge in [0.1, 0.15) is 11.5 Å². The van der Waals surface area contributed by atoms with Crippen molar-refractivity contribution in [1.29, 1.82) is 0 Å². The summed E-state index contributed by atoms with van der Waals surface area (Å²) in [5.41, 5.74) is 8.56. The van der Waals surface area contributed by atoms with Gasteiger partial charge in [-0.3, -0.25) is 0 Å². The number of hydrogen-bond donors (Lipinski definition) is 0. The van der Waals surface area contributed by atoms with Crippen molar-refractivity contribution in [3.63, 3.8) is 0 Å². The number of fused-ring (bicyclic) bond motifs is 4. The molecule has 2 aliphatic rings. The minimum Gasteiger partial charge on any atom is -0.496 e. The molecule has 0 saturated carbocycles. The Morgan fingerprint density at radius 1 is 0.537 bits per heavy atom. The molecule has 2 aromatic heterocycles. The first-order valence-electron chi connectivity index (χ1n) is 14.6. The highest BCUT2D eigenvalue weighted by atomic mass is 16.5. The molecule has 0 N–H and O–H groups in total. The van der Waals surface area contributed by atoms with E-state index >= 15 is 0 Å². The molecule has 4 aromatic rings. The predicted molar refractivity (Wildman–Crippen MR) is 166 cm³/mol. The van der Waals surface area contributed by atoms with Gasteiger partial charge >= 0.3 is 0 Å². The van der Waals surface area contributed by atoms with Crippen LogP contribution in [0.1, 0.15) is 62.8 Å². The van der Waals surface area contributed by atoms with E-state index in [-0.39, 0.29) is 5.41 Å². The normalized spacial score (nSPS) is 13.7. The standard InChI is InChI=1S/C31H30N2O4.2C2H6/c1-34-25-9-5-7-23(32-25)21-13-11-19-15-17-31(27(19)29(21)36-3)18-16-20-12-14-22(30(37-4)28(20)31)24-8-6-10-26(33-24)35-2;2*1-2/h5-14H,15-18H2,1-4H3;2*1-2H3. The van der Waals surface area contributed by atoms with Gasteiger partial charge in [-0.2, -0.15) is 0 Å². The molecule has 6 nitrogen and oxygen atoms in total.